The Morgan fingerprint density at radius 2 is 1.69 bits per heavy atom. The Morgan fingerprint density at radius 1 is 1.12 bits per heavy atom. The molecule has 0 spiro atoms. The van der Waals surface area contributed by atoms with Crippen LogP contribution in [0.3, 0.4) is 0 Å². The van der Waals surface area contributed by atoms with E-state index in [1.807, 2.05) is 0 Å². The summed E-state index contributed by atoms with van der Waals surface area (Å²) in [5.41, 5.74) is 0. The van der Waals surface area contributed by atoms with Crippen LogP contribution >= 0.6 is 0 Å². The van der Waals surface area contributed by atoms with Gasteiger partial charge in [-0.2, -0.15) is 0 Å². The number of amides is 2. The van der Waals surface area contributed by atoms with Gasteiger partial charge < -0.3 is 14.5 Å². The fourth-order valence-electron chi connectivity index (χ4n) is 2.50. The maximum Gasteiger partial charge on any atom is 0.409 e. The molecule has 1 saturated heterocycles. The predicted molar refractivity (Wildman–Crippen MR) is 91.4 cm³/mol. The molecule has 144 valence electrons. The van der Waals surface area contributed by atoms with Crippen molar-refractivity contribution in [2.45, 2.75) is 18.2 Å². The van der Waals surface area contributed by atoms with Crippen LogP contribution in [0.25, 0.3) is 0 Å². The zero-order chi connectivity index (χ0) is 19.2. The third-order valence-corrected chi connectivity index (χ3v) is 5.39. The standard InChI is InChI=1S/C16H22FN3O5S/c1-2-25-16(22)20-11-9-19(10-12-20)15(21)7-8-18-26(23,24)14-5-3-13(17)4-6-14/h3-6,18H,2,7-12H2,1H3. The van der Waals surface area contributed by atoms with Crippen molar-refractivity contribution in [3.63, 3.8) is 0 Å². The lowest BCUT2D eigenvalue weighted by Gasteiger charge is -2.34. The summed E-state index contributed by atoms with van der Waals surface area (Å²) >= 11 is 0. The van der Waals surface area contributed by atoms with Crippen LogP contribution in [-0.2, 0) is 19.6 Å². The number of rotatable bonds is 6. The van der Waals surface area contributed by atoms with Crippen molar-refractivity contribution in [3.8, 4) is 0 Å². The number of piperazine rings is 1. The highest BCUT2D eigenvalue weighted by Crippen LogP contribution is 2.10. The van der Waals surface area contributed by atoms with Crippen LogP contribution in [0.15, 0.2) is 29.2 Å². The molecule has 1 aliphatic rings. The van der Waals surface area contributed by atoms with E-state index in [4.69, 9.17) is 4.74 Å². The lowest BCUT2D eigenvalue weighted by Crippen LogP contribution is -2.51. The van der Waals surface area contributed by atoms with Crippen LogP contribution in [0.4, 0.5) is 9.18 Å². The Hall–Kier alpha value is -2.20. The SMILES string of the molecule is CCOC(=O)N1CCN(C(=O)CCNS(=O)(=O)c2ccc(F)cc2)CC1. The average Bonchev–Trinajstić information content (AvgIpc) is 2.62. The highest BCUT2D eigenvalue weighted by molar-refractivity contribution is 7.89. The largest absolute Gasteiger partial charge is 0.450 e. The fourth-order valence-corrected chi connectivity index (χ4v) is 3.53. The lowest BCUT2D eigenvalue weighted by molar-refractivity contribution is -0.132. The van der Waals surface area contributed by atoms with Gasteiger partial charge >= 0.3 is 6.09 Å². The summed E-state index contributed by atoms with van der Waals surface area (Å²) in [4.78, 5) is 26.8. The predicted octanol–water partition coefficient (Wildman–Crippen LogP) is 0.795. The summed E-state index contributed by atoms with van der Waals surface area (Å²) in [5.74, 6) is -0.726. The molecule has 0 saturated carbocycles. The van der Waals surface area contributed by atoms with Crippen molar-refractivity contribution in [2.75, 3.05) is 39.3 Å². The molecule has 2 amide bonds. The number of hydrogen-bond donors (Lipinski definition) is 1. The lowest BCUT2D eigenvalue weighted by atomic mass is 10.3. The monoisotopic (exact) mass is 387 g/mol. The molecule has 1 aromatic rings. The third-order valence-electron chi connectivity index (χ3n) is 3.91. The second-order valence-electron chi connectivity index (χ2n) is 5.67. The summed E-state index contributed by atoms with van der Waals surface area (Å²) in [6.07, 6.45) is -0.397. The van der Waals surface area contributed by atoms with Gasteiger partial charge in [0, 0.05) is 39.1 Å². The molecule has 1 aromatic carbocycles. The van der Waals surface area contributed by atoms with Crippen LogP contribution < -0.4 is 4.72 Å². The zero-order valence-corrected chi connectivity index (χ0v) is 15.3. The van der Waals surface area contributed by atoms with E-state index in [1.165, 1.54) is 4.90 Å². The molecule has 1 fully saturated rings. The molecule has 0 aliphatic carbocycles. The number of benzene rings is 1. The van der Waals surface area contributed by atoms with Crippen molar-refractivity contribution in [2.24, 2.45) is 0 Å². The van der Waals surface area contributed by atoms with E-state index in [1.54, 1.807) is 11.8 Å². The summed E-state index contributed by atoms with van der Waals surface area (Å²) in [6, 6.07) is 4.44. The summed E-state index contributed by atoms with van der Waals surface area (Å²) in [6.45, 7) is 3.48. The molecule has 0 aromatic heterocycles. The van der Waals surface area contributed by atoms with Gasteiger partial charge in [-0.3, -0.25) is 4.79 Å². The molecule has 1 heterocycles. The maximum atomic E-state index is 12.9. The Kier molecular flexibility index (Phi) is 6.92. The first kappa shape index (κ1) is 20.1. The minimum Gasteiger partial charge on any atom is -0.450 e. The molecule has 1 aliphatic heterocycles. The van der Waals surface area contributed by atoms with Crippen LogP contribution in [0.1, 0.15) is 13.3 Å². The number of halogens is 1. The van der Waals surface area contributed by atoms with Crippen LogP contribution in [0.2, 0.25) is 0 Å². The molecule has 0 atom stereocenters. The zero-order valence-electron chi connectivity index (χ0n) is 14.5. The number of nitrogens with zero attached hydrogens (tertiary/aromatic N) is 2. The van der Waals surface area contributed by atoms with Gasteiger partial charge in [-0.1, -0.05) is 0 Å². The van der Waals surface area contributed by atoms with Gasteiger partial charge in [0.1, 0.15) is 5.82 Å². The van der Waals surface area contributed by atoms with Crippen molar-refractivity contribution >= 4 is 22.0 Å². The Labute approximate surface area is 152 Å². The molecule has 2 rings (SSSR count). The molecule has 10 heteroatoms. The number of sulfonamides is 1. The number of carbonyl (C=O) groups is 2. The second-order valence-corrected chi connectivity index (χ2v) is 7.44. The van der Waals surface area contributed by atoms with E-state index in [9.17, 15) is 22.4 Å². The topological polar surface area (TPSA) is 96.0 Å². The van der Waals surface area contributed by atoms with Gasteiger partial charge in [0.25, 0.3) is 0 Å². The van der Waals surface area contributed by atoms with E-state index >= 15 is 0 Å². The molecular formula is C16H22FN3O5S. The number of ether oxygens (including phenoxy) is 1. The number of carbonyl (C=O) groups excluding carboxylic acids is 2. The van der Waals surface area contributed by atoms with Crippen molar-refractivity contribution in [3.05, 3.63) is 30.1 Å². The first-order valence-electron chi connectivity index (χ1n) is 8.28. The van der Waals surface area contributed by atoms with Gasteiger partial charge in [-0.25, -0.2) is 22.3 Å². The minimum atomic E-state index is -3.79. The molecule has 26 heavy (non-hydrogen) atoms. The summed E-state index contributed by atoms with van der Waals surface area (Å²) < 4.78 is 44.2. The van der Waals surface area contributed by atoms with E-state index in [0.29, 0.717) is 32.8 Å². The van der Waals surface area contributed by atoms with Gasteiger partial charge in [-0.05, 0) is 31.2 Å². The maximum absolute atomic E-state index is 12.9. The molecule has 0 radical (unpaired) electrons. The van der Waals surface area contributed by atoms with Gasteiger partial charge in [0.2, 0.25) is 15.9 Å². The molecule has 0 bridgehead atoms. The highest BCUT2D eigenvalue weighted by atomic mass is 32.2. The smallest absolute Gasteiger partial charge is 0.409 e. The van der Waals surface area contributed by atoms with E-state index < -0.39 is 21.9 Å². The van der Waals surface area contributed by atoms with Crippen LogP contribution in [0.5, 0.6) is 0 Å². The van der Waals surface area contributed by atoms with E-state index in [2.05, 4.69) is 4.72 Å². The van der Waals surface area contributed by atoms with Crippen LogP contribution in [0, 0.1) is 5.82 Å². The third kappa shape index (κ3) is 5.40. The Balaban J connectivity index is 1.77. The summed E-state index contributed by atoms with van der Waals surface area (Å²) in [7, 11) is -3.79. The molecule has 1 N–H and O–H groups in total. The molecule has 8 nitrogen and oxygen atoms in total. The second kappa shape index (κ2) is 8.95. The van der Waals surface area contributed by atoms with E-state index in [0.717, 1.165) is 24.3 Å². The number of nitrogens with one attached hydrogen (secondary N) is 1. The molecular weight excluding hydrogens is 365 g/mol. The number of hydrogen-bond acceptors (Lipinski definition) is 5. The quantitative estimate of drug-likeness (QED) is 0.779. The highest BCUT2D eigenvalue weighted by Gasteiger charge is 2.25. The van der Waals surface area contributed by atoms with Gasteiger partial charge in [0.15, 0.2) is 0 Å². The van der Waals surface area contributed by atoms with E-state index in [-0.39, 0.29) is 23.8 Å². The Bertz CT molecular complexity index is 731. The van der Waals surface area contributed by atoms with Crippen molar-refractivity contribution in [1.29, 1.82) is 0 Å². The molecule has 0 unspecified atom stereocenters. The van der Waals surface area contributed by atoms with Gasteiger partial charge in [-0.15, -0.1) is 0 Å². The summed E-state index contributed by atoms with van der Waals surface area (Å²) in [5, 5.41) is 0. The average molecular weight is 387 g/mol. The fraction of sp³-hybridized carbons (Fsp3) is 0.500. The van der Waals surface area contributed by atoms with Crippen LogP contribution in [-0.4, -0.2) is 69.5 Å². The minimum absolute atomic E-state index is 0.000168. The first-order chi connectivity index (χ1) is 12.3. The van der Waals surface area contributed by atoms with Crippen molar-refractivity contribution < 1.29 is 27.1 Å². The van der Waals surface area contributed by atoms with Crippen molar-refractivity contribution in [1.82, 2.24) is 14.5 Å². The normalized spacial score (nSPS) is 15.0. The first-order valence-corrected chi connectivity index (χ1v) is 9.76. The van der Waals surface area contributed by atoms with Gasteiger partial charge in [0.05, 0.1) is 11.5 Å². The Morgan fingerprint density at radius 3 is 2.27 bits per heavy atom.